The Kier molecular flexibility index (Phi) is 5.98. The fourth-order valence-corrected chi connectivity index (χ4v) is 2.07. The predicted molar refractivity (Wildman–Crippen MR) is 73.7 cm³/mol. The Balaban J connectivity index is 2.97. The molecule has 0 radical (unpaired) electrons. The van der Waals surface area contributed by atoms with E-state index in [1.807, 2.05) is 19.9 Å². The molecule has 0 saturated carbocycles. The summed E-state index contributed by atoms with van der Waals surface area (Å²) < 4.78 is 18.4. The molecule has 0 N–H and O–H groups in total. The smallest absolute Gasteiger partial charge is 0.240 e. The van der Waals surface area contributed by atoms with Crippen molar-refractivity contribution in [2.24, 2.45) is 5.92 Å². The van der Waals surface area contributed by atoms with Gasteiger partial charge in [-0.25, -0.2) is 4.39 Å². The van der Waals surface area contributed by atoms with E-state index in [2.05, 4.69) is 0 Å². The molecule has 1 amide bonds. The molecule has 20 heavy (non-hydrogen) atoms. The molecule has 0 aliphatic heterocycles. The van der Waals surface area contributed by atoms with E-state index in [-0.39, 0.29) is 12.3 Å². The average molecular weight is 278 g/mol. The first-order chi connectivity index (χ1) is 9.57. The lowest BCUT2D eigenvalue weighted by Crippen LogP contribution is -2.36. The topological polar surface area (TPSA) is 53.3 Å². The number of hydrogen-bond donors (Lipinski definition) is 0. The van der Waals surface area contributed by atoms with Gasteiger partial charge in [0.25, 0.3) is 0 Å². The van der Waals surface area contributed by atoms with Crippen molar-refractivity contribution >= 4 is 5.91 Å². The summed E-state index contributed by atoms with van der Waals surface area (Å²) in [5.74, 6) is -0.985. The number of hydrogen-bond acceptors (Lipinski definition) is 3. The molecule has 0 aliphatic carbocycles. The fourth-order valence-electron chi connectivity index (χ4n) is 2.07. The van der Waals surface area contributed by atoms with Crippen LogP contribution < -0.4 is 4.74 Å². The van der Waals surface area contributed by atoms with E-state index in [9.17, 15) is 14.4 Å². The van der Waals surface area contributed by atoms with Crippen LogP contribution >= 0.6 is 0 Å². The standard InChI is InChI=1S/C15H19FN2O2/c1-4-18(5-2)15(19)12(10-17)8-11-9-13(16)6-7-14(11)20-3/h6-7,9,12H,4-5,8H2,1-3H3. The van der Waals surface area contributed by atoms with Crippen LogP contribution in [0.5, 0.6) is 5.75 Å². The van der Waals surface area contributed by atoms with Gasteiger partial charge < -0.3 is 9.64 Å². The third-order valence-corrected chi connectivity index (χ3v) is 3.20. The largest absolute Gasteiger partial charge is 0.496 e. The Bertz CT molecular complexity index is 507. The van der Waals surface area contributed by atoms with Gasteiger partial charge in [0, 0.05) is 19.5 Å². The van der Waals surface area contributed by atoms with Crippen LogP contribution in [0.1, 0.15) is 19.4 Å². The summed E-state index contributed by atoms with van der Waals surface area (Å²) in [5, 5.41) is 9.20. The van der Waals surface area contributed by atoms with E-state index in [0.717, 1.165) is 0 Å². The van der Waals surface area contributed by atoms with Crippen molar-refractivity contribution in [2.45, 2.75) is 20.3 Å². The Morgan fingerprint density at radius 2 is 2.10 bits per heavy atom. The maximum absolute atomic E-state index is 13.3. The van der Waals surface area contributed by atoms with Crippen LogP contribution in [0.4, 0.5) is 4.39 Å². The number of rotatable bonds is 6. The highest BCUT2D eigenvalue weighted by molar-refractivity contribution is 5.81. The van der Waals surface area contributed by atoms with Crippen LogP contribution in [0.2, 0.25) is 0 Å². The van der Waals surface area contributed by atoms with Gasteiger partial charge in [-0.2, -0.15) is 5.26 Å². The van der Waals surface area contributed by atoms with Crippen LogP contribution in [-0.2, 0) is 11.2 Å². The molecule has 0 aliphatic rings. The van der Waals surface area contributed by atoms with Gasteiger partial charge in [0.1, 0.15) is 17.5 Å². The summed E-state index contributed by atoms with van der Waals surface area (Å²) in [5.41, 5.74) is 0.527. The molecule has 4 nitrogen and oxygen atoms in total. The molecule has 0 fully saturated rings. The highest BCUT2D eigenvalue weighted by Crippen LogP contribution is 2.23. The van der Waals surface area contributed by atoms with Crippen molar-refractivity contribution in [2.75, 3.05) is 20.2 Å². The first-order valence-electron chi connectivity index (χ1n) is 6.58. The Hall–Kier alpha value is -2.09. The first kappa shape index (κ1) is 16.0. The third-order valence-electron chi connectivity index (χ3n) is 3.20. The van der Waals surface area contributed by atoms with Crippen LogP contribution in [0.3, 0.4) is 0 Å². The normalized spacial score (nSPS) is 11.6. The predicted octanol–water partition coefficient (Wildman–Crippen LogP) is 2.38. The number of ether oxygens (including phenoxy) is 1. The molecule has 0 aromatic heterocycles. The molecule has 0 bridgehead atoms. The summed E-state index contributed by atoms with van der Waals surface area (Å²) in [7, 11) is 1.48. The highest BCUT2D eigenvalue weighted by atomic mass is 19.1. The minimum atomic E-state index is -0.828. The SMILES string of the molecule is CCN(CC)C(=O)C(C#N)Cc1cc(F)ccc1OC. The Morgan fingerprint density at radius 1 is 1.45 bits per heavy atom. The second kappa shape index (κ2) is 7.49. The fraction of sp³-hybridized carbons (Fsp3) is 0.467. The summed E-state index contributed by atoms with van der Waals surface area (Å²) >= 11 is 0. The molecule has 1 rings (SSSR count). The summed E-state index contributed by atoms with van der Waals surface area (Å²) in [6.07, 6.45) is 0.146. The van der Waals surface area contributed by atoms with Gasteiger partial charge >= 0.3 is 0 Å². The van der Waals surface area contributed by atoms with E-state index in [0.29, 0.717) is 24.4 Å². The van der Waals surface area contributed by atoms with E-state index in [1.54, 1.807) is 4.90 Å². The maximum atomic E-state index is 13.3. The lowest BCUT2D eigenvalue weighted by atomic mass is 9.98. The number of halogens is 1. The van der Waals surface area contributed by atoms with Crippen molar-refractivity contribution in [1.29, 1.82) is 5.26 Å². The van der Waals surface area contributed by atoms with E-state index in [1.165, 1.54) is 25.3 Å². The highest BCUT2D eigenvalue weighted by Gasteiger charge is 2.24. The zero-order valence-corrected chi connectivity index (χ0v) is 12.0. The minimum absolute atomic E-state index is 0.146. The van der Waals surface area contributed by atoms with Gasteiger partial charge in [0.15, 0.2) is 0 Å². The molecule has 108 valence electrons. The molecule has 1 atom stereocenters. The third kappa shape index (κ3) is 3.70. The number of carbonyl (C=O) groups is 1. The first-order valence-corrected chi connectivity index (χ1v) is 6.58. The Morgan fingerprint density at radius 3 is 2.60 bits per heavy atom. The van der Waals surface area contributed by atoms with Crippen molar-refractivity contribution in [1.82, 2.24) is 4.90 Å². The number of amides is 1. The maximum Gasteiger partial charge on any atom is 0.240 e. The van der Waals surface area contributed by atoms with Gasteiger partial charge in [-0.1, -0.05) is 0 Å². The summed E-state index contributed by atoms with van der Waals surface area (Å²) in [6.45, 7) is 4.82. The van der Waals surface area contributed by atoms with Crippen molar-refractivity contribution in [3.8, 4) is 11.8 Å². The quantitative estimate of drug-likeness (QED) is 0.802. The molecule has 1 aromatic rings. The molecule has 0 saturated heterocycles. The molecule has 0 heterocycles. The second-order valence-corrected chi connectivity index (χ2v) is 4.35. The van der Waals surface area contributed by atoms with Crippen LogP contribution in [-0.4, -0.2) is 31.0 Å². The number of nitriles is 1. The number of benzene rings is 1. The van der Waals surface area contributed by atoms with E-state index < -0.39 is 11.7 Å². The monoisotopic (exact) mass is 278 g/mol. The number of carbonyl (C=O) groups excluding carboxylic acids is 1. The zero-order chi connectivity index (χ0) is 15.1. The number of methoxy groups -OCH3 is 1. The van der Waals surface area contributed by atoms with Gasteiger partial charge in [-0.15, -0.1) is 0 Å². The lowest BCUT2D eigenvalue weighted by molar-refractivity contribution is -0.133. The van der Waals surface area contributed by atoms with Crippen LogP contribution in [0.25, 0.3) is 0 Å². The number of nitrogens with zero attached hydrogens (tertiary/aromatic N) is 2. The summed E-state index contributed by atoms with van der Waals surface area (Å²) in [6, 6.07) is 6.09. The van der Waals surface area contributed by atoms with Crippen molar-refractivity contribution < 1.29 is 13.9 Å². The Labute approximate surface area is 118 Å². The van der Waals surface area contributed by atoms with Gasteiger partial charge in [-0.05, 0) is 37.6 Å². The zero-order valence-electron chi connectivity index (χ0n) is 12.0. The molecular weight excluding hydrogens is 259 g/mol. The van der Waals surface area contributed by atoms with Gasteiger partial charge in [0.05, 0.1) is 13.2 Å². The van der Waals surface area contributed by atoms with Gasteiger partial charge in [0.2, 0.25) is 5.91 Å². The van der Waals surface area contributed by atoms with Gasteiger partial charge in [-0.3, -0.25) is 4.79 Å². The average Bonchev–Trinajstić information content (AvgIpc) is 2.46. The molecular formula is C15H19FN2O2. The minimum Gasteiger partial charge on any atom is -0.496 e. The molecule has 1 unspecified atom stereocenters. The molecule has 0 spiro atoms. The van der Waals surface area contributed by atoms with Crippen molar-refractivity contribution in [3.05, 3.63) is 29.6 Å². The van der Waals surface area contributed by atoms with Crippen molar-refractivity contribution in [3.63, 3.8) is 0 Å². The van der Waals surface area contributed by atoms with E-state index in [4.69, 9.17) is 4.74 Å². The second-order valence-electron chi connectivity index (χ2n) is 4.35. The van der Waals surface area contributed by atoms with Crippen LogP contribution in [0.15, 0.2) is 18.2 Å². The molecule has 1 aromatic carbocycles. The summed E-state index contributed by atoms with van der Waals surface area (Å²) in [4.78, 5) is 13.8. The van der Waals surface area contributed by atoms with E-state index >= 15 is 0 Å². The molecule has 5 heteroatoms. The lowest BCUT2D eigenvalue weighted by Gasteiger charge is -2.22. The van der Waals surface area contributed by atoms with Crippen LogP contribution in [0, 0.1) is 23.1 Å².